The Morgan fingerprint density at radius 1 is 1.14 bits per heavy atom. The summed E-state index contributed by atoms with van der Waals surface area (Å²) in [7, 11) is -4.72. The van der Waals surface area contributed by atoms with Gasteiger partial charge in [-0.15, -0.1) is 0 Å². The Kier molecular flexibility index (Phi) is 7.72. The lowest BCUT2D eigenvalue weighted by Crippen LogP contribution is -2.60. The predicted molar refractivity (Wildman–Crippen MR) is 94.8 cm³/mol. The molecule has 0 unspecified atom stereocenters. The molecule has 1 fully saturated rings. The highest BCUT2D eigenvalue weighted by Gasteiger charge is 2.46. The summed E-state index contributed by atoms with van der Waals surface area (Å²) in [6.45, 7) is -0.0195. The standard InChI is InChI=1S/C16H22NO11P/c18-11(7-8-2-1-3-9(6-8)28-29(24,25)26)17-5-4-10-12(19)13(20)14(21)15(27-10)16(22)23/h1-3,6,10,12-15,19-21H,4-5,7H2,(H,17,18)(H,22,23)(H2,24,25,26)/t10-,12-,13+,14-,15+/m0/s1. The summed E-state index contributed by atoms with van der Waals surface area (Å²) in [6.07, 6.45) is -7.99. The van der Waals surface area contributed by atoms with E-state index in [0.717, 1.165) is 0 Å². The van der Waals surface area contributed by atoms with Crippen molar-refractivity contribution in [1.29, 1.82) is 0 Å². The smallest absolute Gasteiger partial charge is 0.479 e. The van der Waals surface area contributed by atoms with E-state index in [-0.39, 0.29) is 25.1 Å². The van der Waals surface area contributed by atoms with Crippen molar-refractivity contribution in [3.63, 3.8) is 0 Å². The van der Waals surface area contributed by atoms with Crippen molar-refractivity contribution in [2.75, 3.05) is 6.54 Å². The molecule has 1 aromatic carbocycles. The molecule has 13 heteroatoms. The Hall–Kier alpha value is -2.05. The third-order valence-corrected chi connectivity index (χ3v) is 4.64. The van der Waals surface area contributed by atoms with Crippen molar-refractivity contribution in [3.05, 3.63) is 29.8 Å². The molecule has 7 N–H and O–H groups in total. The number of aliphatic carboxylic acids is 1. The van der Waals surface area contributed by atoms with Gasteiger partial charge in [-0.25, -0.2) is 9.36 Å². The van der Waals surface area contributed by atoms with E-state index in [1.54, 1.807) is 6.07 Å². The van der Waals surface area contributed by atoms with Crippen LogP contribution in [0.2, 0.25) is 0 Å². The van der Waals surface area contributed by atoms with E-state index >= 15 is 0 Å². The van der Waals surface area contributed by atoms with Crippen LogP contribution in [0.25, 0.3) is 0 Å². The first-order chi connectivity index (χ1) is 13.5. The maximum atomic E-state index is 12.0. The predicted octanol–water partition coefficient (Wildman–Crippen LogP) is -1.86. The Morgan fingerprint density at radius 2 is 1.83 bits per heavy atom. The molecule has 0 saturated carbocycles. The zero-order valence-electron chi connectivity index (χ0n) is 15.0. The molecule has 1 saturated heterocycles. The minimum absolute atomic E-state index is 0.0195. The van der Waals surface area contributed by atoms with Crippen LogP contribution in [0.4, 0.5) is 0 Å². The highest BCUT2D eigenvalue weighted by molar-refractivity contribution is 7.46. The van der Waals surface area contributed by atoms with Gasteiger partial charge in [0.1, 0.15) is 24.1 Å². The molecular weight excluding hydrogens is 413 g/mol. The fourth-order valence-electron chi connectivity index (χ4n) is 2.84. The quantitative estimate of drug-likeness (QED) is 0.226. The molecule has 0 spiro atoms. The Bertz CT molecular complexity index is 782. The first-order valence-corrected chi connectivity index (χ1v) is 10.0. The summed E-state index contributed by atoms with van der Waals surface area (Å²) in [5.74, 6) is -2.05. The number of hydrogen-bond acceptors (Lipinski definition) is 8. The third kappa shape index (κ3) is 6.75. The summed E-state index contributed by atoms with van der Waals surface area (Å²) in [5, 5.41) is 40.8. The van der Waals surface area contributed by atoms with Crippen molar-refractivity contribution >= 4 is 19.7 Å². The van der Waals surface area contributed by atoms with Gasteiger partial charge in [-0.1, -0.05) is 12.1 Å². The number of aliphatic hydroxyl groups is 3. The molecule has 0 bridgehead atoms. The normalized spacial score (nSPS) is 27.3. The Balaban J connectivity index is 1.86. The number of aliphatic hydroxyl groups excluding tert-OH is 3. The number of rotatable bonds is 8. The largest absolute Gasteiger partial charge is 0.524 e. The number of carbonyl (C=O) groups excluding carboxylic acids is 1. The third-order valence-electron chi connectivity index (χ3n) is 4.19. The van der Waals surface area contributed by atoms with Gasteiger partial charge in [-0.3, -0.25) is 14.6 Å². The summed E-state index contributed by atoms with van der Waals surface area (Å²) in [4.78, 5) is 40.7. The van der Waals surface area contributed by atoms with Crippen molar-refractivity contribution < 1.29 is 53.6 Å². The zero-order chi connectivity index (χ0) is 21.8. The monoisotopic (exact) mass is 435 g/mol. The van der Waals surface area contributed by atoms with Crippen LogP contribution in [0, 0.1) is 0 Å². The van der Waals surface area contributed by atoms with Crippen LogP contribution in [0.1, 0.15) is 12.0 Å². The van der Waals surface area contributed by atoms with Crippen LogP contribution in [-0.2, 0) is 25.3 Å². The van der Waals surface area contributed by atoms with Gasteiger partial charge < -0.3 is 35.0 Å². The van der Waals surface area contributed by atoms with Gasteiger partial charge in [0.2, 0.25) is 5.91 Å². The first kappa shape index (κ1) is 23.2. The van der Waals surface area contributed by atoms with E-state index < -0.39 is 50.2 Å². The summed E-state index contributed by atoms with van der Waals surface area (Å²) >= 11 is 0. The average Bonchev–Trinajstić information content (AvgIpc) is 2.60. The molecule has 1 aliphatic rings. The van der Waals surface area contributed by atoms with E-state index in [1.165, 1.54) is 18.2 Å². The Labute approximate surface area is 164 Å². The van der Waals surface area contributed by atoms with Crippen LogP contribution in [0.3, 0.4) is 0 Å². The minimum atomic E-state index is -4.72. The molecule has 29 heavy (non-hydrogen) atoms. The molecule has 1 amide bonds. The number of benzene rings is 1. The number of carboxylic acid groups (broad SMARTS) is 1. The molecule has 1 aromatic rings. The van der Waals surface area contributed by atoms with Crippen LogP contribution < -0.4 is 9.84 Å². The fourth-order valence-corrected chi connectivity index (χ4v) is 3.23. The van der Waals surface area contributed by atoms with Crippen molar-refractivity contribution in [3.8, 4) is 5.75 Å². The van der Waals surface area contributed by atoms with Crippen LogP contribution in [0.15, 0.2) is 24.3 Å². The molecule has 1 heterocycles. The van der Waals surface area contributed by atoms with Crippen LogP contribution in [-0.4, -0.2) is 79.2 Å². The van der Waals surface area contributed by atoms with E-state index in [0.29, 0.717) is 5.56 Å². The maximum absolute atomic E-state index is 12.0. The molecule has 0 radical (unpaired) electrons. The lowest BCUT2D eigenvalue weighted by Gasteiger charge is -2.38. The molecule has 0 aliphatic carbocycles. The zero-order valence-corrected chi connectivity index (χ0v) is 15.9. The number of amides is 1. The second-order valence-electron chi connectivity index (χ2n) is 6.45. The number of nitrogens with one attached hydrogen (secondary N) is 1. The molecule has 162 valence electrons. The lowest BCUT2D eigenvalue weighted by molar-refractivity contribution is -0.228. The first-order valence-electron chi connectivity index (χ1n) is 8.51. The number of carboxylic acids is 1. The van der Waals surface area contributed by atoms with Crippen LogP contribution in [0.5, 0.6) is 5.75 Å². The van der Waals surface area contributed by atoms with Crippen molar-refractivity contribution in [1.82, 2.24) is 5.32 Å². The minimum Gasteiger partial charge on any atom is -0.479 e. The molecular formula is C16H22NO11P. The van der Waals surface area contributed by atoms with Crippen molar-refractivity contribution in [2.24, 2.45) is 0 Å². The van der Waals surface area contributed by atoms with E-state index in [9.17, 15) is 29.5 Å². The number of phosphoric acid groups is 1. The van der Waals surface area contributed by atoms with Gasteiger partial charge in [0.25, 0.3) is 0 Å². The number of hydrogen-bond donors (Lipinski definition) is 7. The SMILES string of the molecule is O=C(Cc1cccc(OP(=O)(O)O)c1)NCC[C@@H]1O[C@@H](C(=O)O)[C@@H](O)[C@H](O)[C@H]1O. The second kappa shape index (κ2) is 9.63. The maximum Gasteiger partial charge on any atom is 0.524 e. The van der Waals surface area contributed by atoms with Gasteiger partial charge in [0.05, 0.1) is 12.5 Å². The average molecular weight is 435 g/mol. The number of carbonyl (C=O) groups is 2. The summed E-state index contributed by atoms with van der Waals surface area (Å²) in [5.41, 5.74) is 0.423. The summed E-state index contributed by atoms with van der Waals surface area (Å²) in [6, 6.07) is 5.62. The molecule has 5 atom stereocenters. The molecule has 12 nitrogen and oxygen atoms in total. The topological polar surface area (TPSA) is 203 Å². The van der Waals surface area contributed by atoms with E-state index in [2.05, 4.69) is 9.84 Å². The lowest BCUT2D eigenvalue weighted by atomic mass is 9.93. The highest BCUT2D eigenvalue weighted by Crippen LogP contribution is 2.37. The highest BCUT2D eigenvalue weighted by atomic mass is 31.2. The Morgan fingerprint density at radius 3 is 2.45 bits per heavy atom. The molecule has 0 aromatic heterocycles. The fraction of sp³-hybridized carbons (Fsp3) is 0.500. The van der Waals surface area contributed by atoms with E-state index in [1.807, 2.05) is 0 Å². The van der Waals surface area contributed by atoms with Gasteiger partial charge in [0.15, 0.2) is 6.10 Å². The second-order valence-corrected chi connectivity index (χ2v) is 7.61. The molecule has 2 rings (SSSR count). The number of phosphoric ester groups is 1. The molecule has 1 aliphatic heterocycles. The number of ether oxygens (including phenoxy) is 1. The van der Waals surface area contributed by atoms with Gasteiger partial charge in [-0.2, -0.15) is 0 Å². The van der Waals surface area contributed by atoms with E-state index in [4.69, 9.17) is 19.6 Å². The van der Waals surface area contributed by atoms with Gasteiger partial charge >= 0.3 is 13.8 Å². The van der Waals surface area contributed by atoms with Gasteiger partial charge in [0, 0.05) is 6.54 Å². The summed E-state index contributed by atoms with van der Waals surface area (Å²) < 4.78 is 20.4. The van der Waals surface area contributed by atoms with Gasteiger partial charge in [-0.05, 0) is 24.1 Å². The van der Waals surface area contributed by atoms with Crippen LogP contribution >= 0.6 is 7.82 Å². The van der Waals surface area contributed by atoms with Crippen molar-refractivity contribution in [2.45, 2.75) is 43.4 Å².